The Labute approximate surface area is 140 Å². The molecule has 1 amide bonds. The molecule has 0 radical (unpaired) electrons. The van der Waals surface area contributed by atoms with Crippen LogP contribution in [-0.2, 0) is 4.74 Å². The first-order chi connectivity index (χ1) is 11.1. The summed E-state index contributed by atoms with van der Waals surface area (Å²) in [5, 5.41) is 16.3. The summed E-state index contributed by atoms with van der Waals surface area (Å²) in [6.45, 7) is 3.15. The summed E-state index contributed by atoms with van der Waals surface area (Å²) in [7, 11) is 0. The third-order valence-electron chi connectivity index (χ3n) is 3.32. The van der Waals surface area contributed by atoms with Crippen LogP contribution in [0.25, 0.3) is 5.69 Å². The minimum absolute atomic E-state index is 0.00673. The molecule has 6 nitrogen and oxygen atoms in total. The zero-order valence-electron chi connectivity index (χ0n) is 13.0. The molecule has 1 heterocycles. The summed E-state index contributed by atoms with van der Waals surface area (Å²) in [4.78, 5) is 12.2. The van der Waals surface area contributed by atoms with Crippen LogP contribution in [0.2, 0.25) is 5.02 Å². The Kier molecular flexibility index (Phi) is 6.58. The molecule has 1 aromatic carbocycles. The fraction of sp³-hybridized carbons (Fsp3) is 0.375. The Morgan fingerprint density at radius 2 is 2.17 bits per heavy atom. The Balaban J connectivity index is 1.96. The van der Waals surface area contributed by atoms with Gasteiger partial charge in [0.2, 0.25) is 0 Å². The molecule has 0 saturated carbocycles. The van der Waals surface area contributed by atoms with Crippen molar-refractivity contribution < 1.29 is 14.6 Å². The number of hydrogen-bond donors (Lipinski definition) is 2. The number of hydrogen-bond acceptors (Lipinski definition) is 4. The van der Waals surface area contributed by atoms with Crippen molar-refractivity contribution >= 4 is 17.5 Å². The number of carbonyl (C=O) groups excluding carboxylic acids is 1. The number of carbonyl (C=O) groups is 1. The van der Waals surface area contributed by atoms with E-state index in [4.69, 9.17) is 21.4 Å². The van der Waals surface area contributed by atoms with Crippen molar-refractivity contribution in [3.05, 3.63) is 46.7 Å². The van der Waals surface area contributed by atoms with Gasteiger partial charge in [-0.05, 0) is 25.5 Å². The van der Waals surface area contributed by atoms with Crippen molar-refractivity contribution in [2.45, 2.75) is 13.3 Å². The number of nitrogens with zero attached hydrogens (tertiary/aromatic N) is 2. The van der Waals surface area contributed by atoms with Gasteiger partial charge in [0.25, 0.3) is 5.91 Å². The molecule has 0 atom stereocenters. The van der Waals surface area contributed by atoms with Crippen LogP contribution < -0.4 is 5.32 Å². The number of rotatable bonds is 8. The maximum atomic E-state index is 12.2. The standard InChI is InChI=1S/C16H20ClN3O3/c1-12-13(16(22)18-7-4-9-23-10-8-21)11-19-20(12)15-6-3-2-5-14(15)17/h2-3,5-6,11,21H,4,7-10H2,1H3,(H,18,22). The van der Waals surface area contributed by atoms with Crippen molar-refractivity contribution in [3.8, 4) is 5.69 Å². The highest BCUT2D eigenvalue weighted by Gasteiger charge is 2.15. The SMILES string of the molecule is Cc1c(C(=O)NCCCOCCO)cnn1-c1ccccc1Cl. The smallest absolute Gasteiger partial charge is 0.254 e. The average molecular weight is 338 g/mol. The van der Waals surface area contributed by atoms with E-state index in [9.17, 15) is 4.79 Å². The van der Waals surface area contributed by atoms with Crippen LogP contribution in [0.15, 0.2) is 30.5 Å². The van der Waals surface area contributed by atoms with Gasteiger partial charge in [-0.2, -0.15) is 5.10 Å². The number of para-hydroxylation sites is 1. The first-order valence-corrected chi connectivity index (χ1v) is 7.79. The molecule has 0 fully saturated rings. The first kappa shape index (κ1) is 17.5. The quantitative estimate of drug-likeness (QED) is 0.722. The zero-order valence-corrected chi connectivity index (χ0v) is 13.7. The summed E-state index contributed by atoms with van der Waals surface area (Å²) >= 11 is 6.17. The predicted octanol–water partition coefficient (Wildman–Crippen LogP) is 1.96. The van der Waals surface area contributed by atoms with E-state index in [1.807, 2.05) is 25.1 Å². The van der Waals surface area contributed by atoms with E-state index in [-0.39, 0.29) is 12.5 Å². The van der Waals surface area contributed by atoms with Gasteiger partial charge in [-0.3, -0.25) is 4.79 Å². The Morgan fingerprint density at radius 1 is 1.39 bits per heavy atom. The predicted molar refractivity (Wildman–Crippen MR) is 88.2 cm³/mol. The molecule has 0 aliphatic heterocycles. The highest BCUT2D eigenvalue weighted by atomic mass is 35.5. The molecule has 2 aromatic rings. The van der Waals surface area contributed by atoms with Crippen molar-refractivity contribution in [3.63, 3.8) is 0 Å². The lowest BCUT2D eigenvalue weighted by Crippen LogP contribution is -2.25. The van der Waals surface area contributed by atoms with Gasteiger partial charge in [0.05, 0.1) is 41.4 Å². The average Bonchev–Trinajstić information content (AvgIpc) is 2.92. The fourth-order valence-electron chi connectivity index (χ4n) is 2.14. The zero-order chi connectivity index (χ0) is 16.7. The van der Waals surface area contributed by atoms with E-state index in [2.05, 4.69) is 10.4 Å². The van der Waals surface area contributed by atoms with Gasteiger partial charge in [0.15, 0.2) is 0 Å². The van der Waals surface area contributed by atoms with E-state index in [0.717, 1.165) is 11.4 Å². The molecule has 0 unspecified atom stereocenters. The molecule has 23 heavy (non-hydrogen) atoms. The number of amides is 1. The van der Waals surface area contributed by atoms with Gasteiger partial charge < -0.3 is 15.2 Å². The number of halogens is 1. The lowest BCUT2D eigenvalue weighted by atomic mass is 10.2. The number of aromatic nitrogens is 2. The van der Waals surface area contributed by atoms with Crippen molar-refractivity contribution in [2.24, 2.45) is 0 Å². The Hall–Kier alpha value is -1.89. The summed E-state index contributed by atoms with van der Waals surface area (Å²) < 4.78 is 6.79. The monoisotopic (exact) mass is 337 g/mol. The minimum atomic E-state index is -0.178. The number of nitrogens with one attached hydrogen (secondary N) is 1. The van der Waals surface area contributed by atoms with Crippen LogP contribution in [0, 0.1) is 6.92 Å². The van der Waals surface area contributed by atoms with E-state index >= 15 is 0 Å². The Bertz CT molecular complexity index is 658. The topological polar surface area (TPSA) is 76.4 Å². The highest BCUT2D eigenvalue weighted by Crippen LogP contribution is 2.21. The van der Waals surface area contributed by atoms with Gasteiger partial charge in [-0.25, -0.2) is 4.68 Å². The second-order valence-corrected chi connectivity index (χ2v) is 5.36. The van der Waals surface area contributed by atoms with Crippen molar-refractivity contribution in [2.75, 3.05) is 26.4 Å². The molecule has 0 aliphatic carbocycles. The first-order valence-electron chi connectivity index (χ1n) is 7.41. The summed E-state index contributed by atoms with van der Waals surface area (Å²) in [5.74, 6) is -0.178. The van der Waals surface area contributed by atoms with Crippen LogP contribution in [0.3, 0.4) is 0 Å². The molecule has 124 valence electrons. The van der Waals surface area contributed by atoms with E-state index < -0.39 is 0 Å². The molecule has 7 heteroatoms. The lowest BCUT2D eigenvalue weighted by molar-refractivity contribution is 0.0867. The maximum absolute atomic E-state index is 12.2. The third-order valence-corrected chi connectivity index (χ3v) is 3.64. The molecular formula is C16H20ClN3O3. The van der Waals surface area contributed by atoms with Gasteiger partial charge in [0.1, 0.15) is 0 Å². The molecule has 0 bridgehead atoms. The van der Waals surface area contributed by atoms with E-state index in [0.29, 0.717) is 36.8 Å². The van der Waals surface area contributed by atoms with E-state index in [1.54, 1.807) is 10.7 Å². The lowest BCUT2D eigenvalue weighted by Gasteiger charge is -2.08. The number of ether oxygens (including phenoxy) is 1. The van der Waals surface area contributed by atoms with Crippen LogP contribution in [-0.4, -0.2) is 47.2 Å². The molecule has 0 aliphatic rings. The normalized spacial score (nSPS) is 10.7. The molecule has 0 spiro atoms. The van der Waals surface area contributed by atoms with Crippen LogP contribution in [0.5, 0.6) is 0 Å². The highest BCUT2D eigenvalue weighted by molar-refractivity contribution is 6.32. The molecule has 1 aromatic heterocycles. The van der Waals surface area contributed by atoms with Gasteiger partial charge in [0, 0.05) is 13.2 Å². The molecular weight excluding hydrogens is 318 g/mol. The third kappa shape index (κ3) is 4.54. The second kappa shape index (κ2) is 8.67. The summed E-state index contributed by atoms with van der Waals surface area (Å²) in [6, 6.07) is 7.35. The summed E-state index contributed by atoms with van der Waals surface area (Å²) in [5.41, 5.74) is 1.98. The number of benzene rings is 1. The van der Waals surface area contributed by atoms with E-state index in [1.165, 1.54) is 6.20 Å². The van der Waals surface area contributed by atoms with Crippen LogP contribution in [0.4, 0.5) is 0 Å². The van der Waals surface area contributed by atoms with Crippen LogP contribution >= 0.6 is 11.6 Å². The molecule has 0 saturated heterocycles. The van der Waals surface area contributed by atoms with Crippen molar-refractivity contribution in [1.29, 1.82) is 0 Å². The molecule has 2 rings (SSSR count). The second-order valence-electron chi connectivity index (χ2n) is 4.95. The van der Waals surface area contributed by atoms with Crippen molar-refractivity contribution in [1.82, 2.24) is 15.1 Å². The largest absolute Gasteiger partial charge is 0.394 e. The number of aliphatic hydroxyl groups is 1. The minimum Gasteiger partial charge on any atom is -0.394 e. The summed E-state index contributed by atoms with van der Waals surface area (Å²) in [6.07, 6.45) is 2.22. The van der Waals surface area contributed by atoms with Gasteiger partial charge in [-0.1, -0.05) is 23.7 Å². The van der Waals surface area contributed by atoms with Crippen LogP contribution in [0.1, 0.15) is 22.5 Å². The van der Waals surface area contributed by atoms with Gasteiger partial charge >= 0.3 is 0 Å². The maximum Gasteiger partial charge on any atom is 0.254 e. The van der Waals surface area contributed by atoms with Gasteiger partial charge in [-0.15, -0.1) is 0 Å². The fourth-order valence-corrected chi connectivity index (χ4v) is 2.35. The number of aliphatic hydroxyl groups excluding tert-OH is 1. The Morgan fingerprint density at radius 3 is 2.91 bits per heavy atom. The molecule has 2 N–H and O–H groups in total.